The molecule has 2 rings (SSSR count). The van der Waals surface area contributed by atoms with Gasteiger partial charge in [-0.1, -0.05) is 67.6 Å². The Balaban J connectivity index is 2.16. The fraction of sp³-hybridized carbons (Fsp3) is 0.458. The molecule has 4 heteroatoms. The largest absolute Gasteiger partial charge is 0.460 e. The van der Waals surface area contributed by atoms with Gasteiger partial charge < -0.3 is 10.1 Å². The van der Waals surface area contributed by atoms with Crippen molar-refractivity contribution in [3.8, 4) is 0 Å². The number of nitrogens with one attached hydrogen (secondary N) is 1. The molecule has 4 nitrogen and oxygen atoms in total. The van der Waals surface area contributed by atoms with Crippen molar-refractivity contribution < 1.29 is 9.53 Å². The normalized spacial score (nSPS) is 12.8. The summed E-state index contributed by atoms with van der Waals surface area (Å²) < 4.78 is 5.69. The molecular formula is C24H34N2O2. The first-order chi connectivity index (χ1) is 13.4. The van der Waals surface area contributed by atoms with Gasteiger partial charge in [-0.25, -0.2) is 0 Å². The second kappa shape index (κ2) is 11.0. The Morgan fingerprint density at radius 1 is 0.964 bits per heavy atom. The van der Waals surface area contributed by atoms with Crippen LogP contribution >= 0.6 is 0 Å². The number of hydrogen-bond donors (Lipinski definition) is 1. The molecule has 0 aliphatic carbocycles. The quantitative estimate of drug-likeness (QED) is 0.624. The Morgan fingerprint density at radius 2 is 1.46 bits per heavy atom. The van der Waals surface area contributed by atoms with Gasteiger partial charge in [0.25, 0.3) is 0 Å². The fourth-order valence-corrected chi connectivity index (χ4v) is 3.11. The van der Waals surface area contributed by atoms with E-state index < -0.39 is 5.60 Å². The lowest BCUT2D eigenvalue weighted by Gasteiger charge is -2.29. The highest BCUT2D eigenvalue weighted by molar-refractivity contribution is 5.73. The molecule has 0 aliphatic heterocycles. The van der Waals surface area contributed by atoms with Gasteiger partial charge in [0, 0.05) is 26.2 Å². The van der Waals surface area contributed by atoms with E-state index in [1.165, 1.54) is 11.1 Å². The minimum absolute atomic E-state index is 0.139. The van der Waals surface area contributed by atoms with Crippen molar-refractivity contribution in [2.75, 3.05) is 19.6 Å². The third-order valence-electron chi connectivity index (χ3n) is 4.36. The number of ether oxygens (including phenoxy) is 1. The molecular weight excluding hydrogens is 348 g/mol. The summed E-state index contributed by atoms with van der Waals surface area (Å²) in [5, 5.41) is 3.32. The number of esters is 1. The second-order valence-corrected chi connectivity index (χ2v) is 8.18. The van der Waals surface area contributed by atoms with Crippen molar-refractivity contribution in [2.45, 2.75) is 46.4 Å². The average Bonchev–Trinajstić information content (AvgIpc) is 2.65. The van der Waals surface area contributed by atoms with E-state index >= 15 is 0 Å². The van der Waals surface area contributed by atoms with Crippen molar-refractivity contribution >= 4 is 5.97 Å². The molecule has 1 atom stereocenters. The molecule has 0 bridgehead atoms. The number of carbonyl (C=O) groups excluding carboxylic acids is 1. The zero-order valence-corrected chi connectivity index (χ0v) is 17.7. The number of carbonyl (C=O) groups is 1. The second-order valence-electron chi connectivity index (χ2n) is 8.18. The first-order valence-electron chi connectivity index (χ1n) is 10.1. The number of hydrogen-bond acceptors (Lipinski definition) is 4. The molecule has 0 aromatic heterocycles. The maximum Gasteiger partial charge on any atom is 0.312 e. The molecule has 1 unspecified atom stereocenters. The van der Waals surface area contributed by atoms with E-state index in [1.54, 1.807) is 0 Å². The van der Waals surface area contributed by atoms with E-state index in [-0.39, 0.29) is 11.9 Å². The number of rotatable bonds is 10. The molecule has 0 fully saturated rings. The first kappa shape index (κ1) is 22.1. The van der Waals surface area contributed by atoms with Crippen LogP contribution in [0.2, 0.25) is 0 Å². The van der Waals surface area contributed by atoms with Crippen LogP contribution in [0.25, 0.3) is 0 Å². The maximum absolute atomic E-state index is 12.8. The van der Waals surface area contributed by atoms with Crippen LogP contribution in [-0.2, 0) is 22.6 Å². The highest BCUT2D eigenvalue weighted by Gasteiger charge is 2.27. The summed E-state index contributed by atoms with van der Waals surface area (Å²) in [4.78, 5) is 15.1. The number of nitrogens with zero attached hydrogens (tertiary/aromatic N) is 1. The summed E-state index contributed by atoms with van der Waals surface area (Å²) in [6.07, 6.45) is 0. The van der Waals surface area contributed by atoms with E-state index in [1.807, 2.05) is 32.9 Å². The van der Waals surface area contributed by atoms with Gasteiger partial charge in [-0.3, -0.25) is 9.69 Å². The van der Waals surface area contributed by atoms with Crippen LogP contribution < -0.4 is 5.32 Å². The lowest BCUT2D eigenvalue weighted by Crippen LogP contribution is -2.41. The van der Waals surface area contributed by atoms with E-state index in [4.69, 9.17) is 4.74 Å². The van der Waals surface area contributed by atoms with Gasteiger partial charge in [0.05, 0.1) is 5.92 Å². The Morgan fingerprint density at radius 3 is 1.89 bits per heavy atom. The molecule has 0 radical (unpaired) electrons. The van der Waals surface area contributed by atoms with Crippen molar-refractivity contribution in [3.63, 3.8) is 0 Å². The van der Waals surface area contributed by atoms with Gasteiger partial charge in [-0.2, -0.15) is 0 Å². The predicted molar refractivity (Wildman–Crippen MR) is 115 cm³/mol. The molecule has 28 heavy (non-hydrogen) atoms. The Bertz CT molecular complexity index is 654. The lowest BCUT2D eigenvalue weighted by molar-refractivity contribution is -0.160. The van der Waals surface area contributed by atoms with Gasteiger partial charge in [0.2, 0.25) is 0 Å². The number of benzene rings is 2. The van der Waals surface area contributed by atoms with Gasteiger partial charge in [-0.05, 0) is 38.4 Å². The molecule has 0 amide bonds. The fourth-order valence-electron chi connectivity index (χ4n) is 3.11. The van der Waals surface area contributed by atoms with Gasteiger partial charge in [0.1, 0.15) is 5.60 Å². The van der Waals surface area contributed by atoms with Crippen molar-refractivity contribution in [2.24, 2.45) is 5.92 Å². The van der Waals surface area contributed by atoms with Gasteiger partial charge in [0.15, 0.2) is 0 Å². The summed E-state index contributed by atoms with van der Waals surface area (Å²) in [5.41, 5.74) is 2.00. The predicted octanol–water partition coefficient (Wildman–Crippen LogP) is 4.26. The Hall–Kier alpha value is -2.17. The first-order valence-corrected chi connectivity index (χ1v) is 10.1. The van der Waals surface area contributed by atoms with Crippen LogP contribution in [0.4, 0.5) is 0 Å². The zero-order chi connectivity index (χ0) is 20.4. The molecule has 0 spiro atoms. The van der Waals surface area contributed by atoms with E-state index in [0.29, 0.717) is 13.1 Å². The summed E-state index contributed by atoms with van der Waals surface area (Å²) >= 11 is 0. The molecule has 1 N–H and O–H groups in total. The third kappa shape index (κ3) is 8.24. The topological polar surface area (TPSA) is 41.6 Å². The molecule has 2 aromatic carbocycles. The molecule has 0 saturated carbocycles. The molecule has 0 heterocycles. The summed E-state index contributed by atoms with van der Waals surface area (Å²) in [6, 6.07) is 20.8. The summed E-state index contributed by atoms with van der Waals surface area (Å²) in [6.45, 7) is 11.5. The Labute approximate surface area is 169 Å². The highest BCUT2D eigenvalue weighted by Crippen LogP contribution is 2.16. The van der Waals surface area contributed by atoms with Crippen molar-refractivity contribution in [1.82, 2.24) is 10.2 Å². The third-order valence-corrected chi connectivity index (χ3v) is 4.36. The van der Waals surface area contributed by atoms with Crippen molar-refractivity contribution in [1.29, 1.82) is 0 Å². The van der Waals surface area contributed by atoms with Gasteiger partial charge in [-0.15, -0.1) is 0 Å². The summed E-state index contributed by atoms with van der Waals surface area (Å²) in [5.74, 6) is -0.355. The van der Waals surface area contributed by atoms with E-state index in [0.717, 1.165) is 19.6 Å². The maximum atomic E-state index is 12.8. The minimum atomic E-state index is -0.481. The van der Waals surface area contributed by atoms with Crippen LogP contribution in [0.3, 0.4) is 0 Å². The smallest absolute Gasteiger partial charge is 0.312 e. The lowest BCUT2D eigenvalue weighted by atomic mass is 10.1. The van der Waals surface area contributed by atoms with Crippen molar-refractivity contribution in [3.05, 3.63) is 71.8 Å². The molecule has 2 aromatic rings. The van der Waals surface area contributed by atoms with E-state index in [2.05, 4.69) is 65.7 Å². The van der Waals surface area contributed by atoms with Crippen LogP contribution in [0.5, 0.6) is 0 Å². The van der Waals surface area contributed by atoms with E-state index in [9.17, 15) is 4.79 Å². The Kier molecular flexibility index (Phi) is 8.68. The zero-order valence-electron chi connectivity index (χ0n) is 17.7. The monoisotopic (exact) mass is 382 g/mol. The SMILES string of the molecule is CCNCC(CN(Cc1ccccc1)Cc1ccccc1)C(=O)OC(C)(C)C. The average molecular weight is 383 g/mol. The summed E-state index contributed by atoms with van der Waals surface area (Å²) in [7, 11) is 0. The van der Waals surface area contributed by atoms with Crippen LogP contribution in [0.15, 0.2) is 60.7 Å². The molecule has 0 saturated heterocycles. The van der Waals surface area contributed by atoms with Crippen LogP contribution in [0, 0.1) is 5.92 Å². The van der Waals surface area contributed by atoms with Gasteiger partial charge >= 0.3 is 5.97 Å². The molecule has 152 valence electrons. The standard InChI is InChI=1S/C24H34N2O2/c1-5-25-16-22(23(27)28-24(2,3)4)19-26(17-20-12-8-6-9-13-20)18-21-14-10-7-11-15-21/h6-15,22,25H,5,16-19H2,1-4H3. The van der Waals surface area contributed by atoms with Crippen LogP contribution in [0.1, 0.15) is 38.8 Å². The van der Waals surface area contributed by atoms with Crippen LogP contribution in [-0.4, -0.2) is 36.1 Å². The minimum Gasteiger partial charge on any atom is -0.460 e. The molecule has 0 aliphatic rings. The highest BCUT2D eigenvalue weighted by atomic mass is 16.6.